The van der Waals surface area contributed by atoms with Crippen LogP contribution in [-0.2, 0) is 0 Å². The highest BCUT2D eigenvalue weighted by molar-refractivity contribution is 4.80. The molecule has 0 aromatic rings. The SMILES string of the molecule is CCCCCCN(C)CC(C)C#N. The van der Waals surface area contributed by atoms with Crippen molar-refractivity contribution in [3.8, 4) is 6.07 Å². The zero-order chi connectivity index (χ0) is 10.1. The van der Waals surface area contributed by atoms with Gasteiger partial charge in [-0.15, -0.1) is 0 Å². The maximum Gasteiger partial charge on any atom is 0.0666 e. The van der Waals surface area contributed by atoms with Gasteiger partial charge in [0.25, 0.3) is 0 Å². The van der Waals surface area contributed by atoms with E-state index in [2.05, 4.69) is 24.9 Å². The lowest BCUT2D eigenvalue weighted by Gasteiger charge is -2.17. The number of hydrogen-bond donors (Lipinski definition) is 0. The fourth-order valence-electron chi connectivity index (χ4n) is 1.41. The second-order valence-corrected chi connectivity index (χ2v) is 3.85. The van der Waals surface area contributed by atoms with Crippen LogP contribution < -0.4 is 0 Å². The van der Waals surface area contributed by atoms with E-state index < -0.39 is 0 Å². The van der Waals surface area contributed by atoms with Gasteiger partial charge in [-0.3, -0.25) is 0 Å². The Morgan fingerprint density at radius 3 is 2.54 bits per heavy atom. The molecule has 2 nitrogen and oxygen atoms in total. The molecule has 0 N–H and O–H groups in total. The Morgan fingerprint density at radius 2 is 2.00 bits per heavy atom. The third-order valence-electron chi connectivity index (χ3n) is 2.20. The van der Waals surface area contributed by atoms with Gasteiger partial charge in [-0.05, 0) is 26.9 Å². The van der Waals surface area contributed by atoms with Gasteiger partial charge >= 0.3 is 0 Å². The maximum absolute atomic E-state index is 8.62. The third kappa shape index (κ3) is 7.80. The number of unbranched alkanes of at least 4 members (excludes halogenated alkanes) is 3. The lowest BCUT2D eigenvalue weighted by Crippen LogP contribution is -2.24. The topological polar surface area (TPSA) is 27.0 Å². The molecule has 0 aromatic heterocycles. The number of nitriles is 1. The summed E-state index contributed by atoms with van der Waals surface area (Å²) < 4.78 is 0. The summed E-state index contributed by atoms with van der Waals surface area (Å²) >= 11 is 0. The predicted molar refractivity (Wildman–Crippen MR) is 56.4 cm³/mol. The first-order valence-electron chi connectivity index (χ1n) is 5.28. The van der Waals surface area contributed by atoms with Crippen LogP contribution in [0.4, 0.5) is 0 Å². The summed E-state index contributed by atoms with van der Waals surface area (Å²) in [6.07, 6.45) is 5.21. The first kappa shape index (κ1) is 12.4. The third-order valence-corrected chi connectivity index (χ3v) is 2.20. The van der Waals surface area contributed by atoms with E-state index in [1.54, 1.807) is 0 Å². The molecule has 0 saturated carbocycles. The van der Waals surface area contributed by atoms with Crippen LogP contribution in [0.2, 0.25) is 0 Å². The maximum atomic E-state index is 8.62. The highest BCUT2D eigenvalue weighted by Gasteiger charge is 2.03. The summed E-state index contributed by atoms with van der Waals surface area (Å²) in [4.78, 5) is 2.25. The summed E-state index contributed by atoms with van der Waals surface area (Å²) in [7, 11) is 2.10. The minimum absolute atomic E-state index is 0.163. The van der Waals surface area contributed by atoms with Crippen LogP contribution in [0.3, 0.4) is 0 Å². The van der Waals surface area contributed by atoms with Gasteiger partial charge in [0, 0.05) is 6.54 Å². The summed E-state index contributed by atoms with van der Waals surface area (Å²) in [5, 5.41) is 8.62. The molecule has 1 atom stereocenters. The molecule has 0 bridgehead atoms. The van der Waals surface area contributed by atoms with Crippen molar-refractivity contribution in [3.63, 3.8) is 0 Å². The normalized spacial score (nSPS) is 12.8. The van der Waals surface area contributed by atoms with Crippen LogP contribution in [0.1, 0.15) is 39.5 Å². The lowest BCUT2D eigenvalue weighted by molar-refractivity contribution is 0.302. The summed E-state index contributed by atoms with van der Waals surface area (Å²) in [5.74, 6) is 0.163. The van der Waals surface area contributed by atoms with Crippen molar-refractivity contribution >= 4 is 0 Å². The molecule has 0 heterocycles. The standard InChI is InChI=1S/C11H22N2/c1-4-5-6-7-8-13(3)10-11(2)9-12/h11H,4-8,10H2,1-3H3. The Hall–Kier alpha value is -0.550. The molecule has 0 saturated heterocycles. The molecule has 0 aliphatic rings. The highest BCUT2D eigenvalue weighted by atomic mass is 15.1. The average molecular weight is 182 g/mol. The Balaban J connectivity index is 3.30. The van der Waals surface area contributed by atoms with Crippen molar-refractivity contribution < 1.29 is 0 Å². The molecular weight excluding hydrogens is 160 g/mol. The summed E-state index contributed by atoms with van der Waals surface area (Å²) in [5.41, 5.74) is 0. The van der Waals surface area contributed by atoms with E-state index in [0.717, 1.165) is 13.1 Å². The number of rotatable bonds is 7. The summed E-state index contributed by atoms with van der Waals surface area (Å²) in [6, 6.07) is 2.26. The molecule has 1 unspecified atom stereocenters. The van der Waals surface area contributed by atoms with Gasteiger partial charge in [-0.1, -0.05) is 26.2 Å². The van der Waals surface area contributed by atoms with Gasteiger partial charge in [0.05, 0.1) is 12.0 Å². The van der Waals surface area contributed by atoms with E-state index in [0.29, 0.717) is 0 Å². The molecule has 0 aliphatic heterocycles. The van der Waals surface area contributed by atoms with E-state index >= 15 is 0 Å². The van der Waals surface area contributed by atoms with Crippen LogP contribution in [0, 0.1) is 17.2 Å². The summed E-state index contributed by atoms with van der Waals surface area (Å²) in [6.45, 7) is 6.23. The predicted octanol–water partition coefficient (Wildman–Crippen LogP) is 2.66. The van der Waals surface area contributed by atoms with Crippen molar-refractivity contribution in [1.82, 2.24) is 4.90 Å². The smallest absolute Gasteiger partial charge is 0.0666 e. The van der Waals surface area contributed by atoms with Crippen molar-refractivity contribution in [2.24, 2.45) is 5.92 Å². The Labute approximate surface area is 82.5 Å². The first-order chi connectivity index (χ1) is 6.20. The van der Waals surface area contributed by atoms with Gasteiger partial charge in [-0.2, -0.15) is 5.26 Å². The second-order valence-electron chi connectivity index (χ2n) is 3.85. The van der Waals surface area contributed by atoms with E-state index in [-0.39, 0.29) is 5.92 Å². The fraction of sp³-hybridized carbons (Fsp3) is 0.909. The quantitative estimate of drug-likeness (QED) is 0.566. The second kappa shape index (κ2) is 8.07. The van der Waals surface area contributed by atoms with Gasteiger partial charge in [-0.25, -0.2) is 0 Å². The highest BCUT2D eigenvalue weighted by Crippen LogP contribution is 2.02. The molecule has 0 spiro atoms. The van der Waals surface area contributed by atoms with Crippen molar-refractivity contribution in [1.29, 1.82) is 5.26 Å². The molecule has 0 radical (unpaired) electrons. The Kier molecular flexibility index (Phi) is 7.73. The van der Waals surface area contributed by atoms with E-state index in [1.807, 2.05) is 6.92 Å². The molecule has 2 heteroatoms. The Bertz CT molecular complexity index is 149. The van der Waals surface area contributed by atoms with Crippen molar-refractivity contribution in [2.45, 2.75) is 39.5 Å². The van der Waals surface area contributed by atoms with E-state index in [9.17, 15) is 0 Å². The fourth-order valence-corrected chi connectivity index (χ4v) is 1.41. The van der Waals surface area contributed by atoms with Crippen LogP contribution >= 0.6 is 0 Å². The number of nitrogens with zero attached hydrogens (tertiary/aromatic N) is 2. The van der Waals surface area contributed by atoms with Gasteiger partial charge in [0.15, 0.2) is 0 Å². The van der Waals surface area contributed by atoms with Gasteiger partial charge in [0.1, 0.15) is 0 Å². The molecule has 0 amide bonds. The minimum atomic E-state index is 0.163. The van der Waals surface area contributed by atoms with Crippen molar-refractivity contribution in [2.75, 3.05) is 20.1 Å². The Morgan fingerprint density at radius 1 is 1.31 bits per heavy atom. The van der Waals surface area contributed by atoms with E-state index in [1.165, 1.54) is 25.7 Å². The van der Waals surface area contributed by atoms with E-state index in [4.69, 9.17) is 5.26 Å². The van der Waals surface area contributed by atoms with Gasteiger partial charge < -0.3 is 4.90 Å². The molecular formula is C11H22N2. The largest absolute Gasteiger partial charge is 0.305 e. The van der Waals surface area contributed by atoms with Gasteiger partial charge in [0.2, 0.25) is 0 Å². The molecule has 0 fully saturated rings. The monoisotopic (exact) mass is 182 g/mol. The molecule has 0 aromatic carbocycles. The first-order valence-corrected chi connectivity index (χ1v) is 5.28. The lowest BCUT2D eigenvalue weighted by atomic mass is 10.1. The van der Waals surface area contributed by atoms with Crippen LogP contribution in [0.25, 0.3) is 0 Å². The van der Waals surface area contributed by atoms with Crippen LogP contribution in [0.5, 0.6) is 0 Å². The van der Waals surface area contributed by atoms with Crippen molar-refractivity contribution in [3.05, 3.63) is 0 Å². The number of hydrogen-bond acceptors (Lipinski definition) is 2. The molecule has 0 aliphatic carbocycles. The zero-order valence-electron chi connectivity index (χ0n) is 9.21. The minimum Gasteiger partial charge on any atom is -0.305 e. The molecule has 13 heavy (non-hydrogen) atoms. The van der Waals surface area contributed by atoms with Crippen LogP contribution in [0.15, 0.2) is 0 Å². The molecule has 0 rings (SSSR count). The zero-order valence-corrected chi connectivity index (χ0v) is 9.21. The molecule has 76 valence electrons. The average Bonchev–Trinajstić information content (AvgIpc) is 2.12. The van der Waals surface area contributed by atoms with Crippen LogP contribution in [-0.4, -0.2) is 25.0 Å².